The van der Waals surface area contributed by atoms with Crippen LogP contribution < -0.4 is 16.6 Å². The molecular formula is C12H19N5OS. The Labute approximate surface area is 117 Å². The lowest BCUT2D eigenvalue weighted by Gasteiger charge is -2.25. The molecule has 1 aromatic heterocycles. The highest BCUT2D eigenvalue weighted by molar-refractivity contribution is 7.99. The van der Waals surface area contributed by atoms with E-state index in [-0.39, 0.29) is 5.91 Å². The third kappa shape index (κ3) is 4.38. The van der Waals surface area contributed by atoms with Crippen molar-refractivity contribution in [2.24, 2.45) is 5.84 Å². The molecule has 0 bridgehead atoms. The Balaban J connectivity index is 1.77. The SMILES string of the molecule is NNc1cccc(C(=O)NCCN2CCSCC2)n1. The monoisotopic (exact) mass is 281 g/mol. The maximum Gasteiger partial charge on any atom is 0.270 e. The third-order valence-corrected chi connectivity index (χ3v) is 3.89. The van der Waals surface area contributed by atoms with E-state index in [4.69, 9.17) is 5.84 Å². The van der Waals surface area contributed by atoms with Crippen LogP contribution in [0.1, 0.15) is 10.5 Å². The number of hydrogen-bond acceptors (Lipinski definition) is 6. The quantitative estimate of drug-likeness (QED) is 0.526. The first-order valence-electron chi connectivity index (χ1n) is 6.31. The number of amides is 1. The van der Waals surface area contributed by atoms with Gasteiger partial charge in [0.2, 0.25) is 0 Å². The summed E-state index contributed by atoms with van der Waals surface area (Å²) >= 11 is 1.98. The first-order valence-corrected chi connectivity index (χ1v) is 7.47. The number of carbonyl (C=O) groups is 1. The van der Waals surface area contributed by atoms with Crippen molar-refractivity contribution in [3.8, 4) is 0 Å². The number of hydrazine groups is 1. The zero-order chi connectivity index (χ0) is 13.5. The van der Waals surface area contributed by atoms with Crippen molar-refractivity contribution in [1.82, 2.24) is 15.2 Å². The van der Waals surface area contributed by atoms with Crippen molar-refractivity contribution >= 4 is 23.5 Å². The molecule has 0 aliphatic carbocycles. The lowest BCUT2D eigenvalue weighted by Crippen LogP contribution is -2.39. The molecule has 0 radical (unpaired) electrons. The number of aromatic nitrogens is 1. The van der Waals surface area contributed by atoms with Crippen LogP contribution in [-0.2, 0) is 0 Å². The molecule has 0 aromatic carbocycles. The van der Waals surface area contributed by atoms with Gasteiger partial charge < -0.3 is 10.7 Å². The summed E-state index contributed by atoms with van der Waals surface area (Å²) in [6, 6.07) is 5.13. The molecule has 2 rings (SSSR count). The van der Waals surface area contributed by atoms with E-state index >= 15 is 0 Å². The molecule has 0 unspecified atom stereocenters. The normalized spacial score (nSPS) is 16.1. The van der Waals surface area contributed by atoms with E-state index in [0.29, 0.717) is 18.1 Å². The highest BCUT2D eigenvalue weighted by Crippen LogP contribution is 2.08. The molecule has 0 atom stereocenters. The standard InChI is InChI=1S/C12H19N5OS/c13-16-11-3-1-2-10(15-11)12(18)14-4-5-17-6-8-19-9-7-17/h1-3H,4-9,13H2,(H,14,18)(H,15,16). The summed E-state index contributed by atoms with van der Waals surface area (Å²) in [5.74, 6) is 7.95. The summed E-state index contributed by atoms with van der Waals surface area (Å²) in [4.78, 5) is 18.3. The van der Waals surface area contributed by atoms with Crippen molar-refractivity contribution in [2.75, 3.05) is 43.1 Å². The number of carbonyl (C=O) groups excluding carboxylic acids is 1. The number of nitrogen functional groups attached to an aromatic ring is 1. The van der Waals surface area contributed by atoms with Gasteiger partial charge in [-0.15, -0.1) is 0 Å². The van der Waals surface area contributed by atoms with E-state index in [0.717, 1.165) is 19.6 Å². The molecular weight excluding hydrogens is 262 g/mol. The largest absolute Gasteiger partial charge is 0.349 e. The predicted octanol–water partition coefficient (Wildman–Crippen LogP) is 0.146. The molecule has 1 aliphatic rings. The van der Waals surface area contributed by atoms with Gasteiger partial charge in [0, 0.05) is 37.7 Å². The molecule has 6 nitrogen and oxygen atoms in total. The smallest absolute Gasteiger partial charge is 0.270 e. The van der Waals surface area contributed by atoms with Gasteiger partial charge in [0.25, 0.3) is 5.91 Å². The van der Waals surface area contributed by atoms with Crippen LogP contribution in [0.2, 0.25) is 0 Å². The van der Waals surface area contributed by atoms with Gasteiger partial charge in [-0.05, 0) is 12.1 Å². The summed E-state index contributed by atoms with van der Waals surface area (Å²) in [6.45, 7) is 3.74. The van der Waals surface area contributed by atoms with Crippen LogP contribution in [0.4, 0.5) is 5.82 Å². The molecule has 1 amide bonds. The molecule has 4 N–H and O–H groups in total. The van der Waals surface area contributed by atoms with Crippen LogP contribution in [0.15, 0.2) is 18.2 Å². The van der Waals surface area contributed by atoms with Gasteiger partial charge >= 0.3 is 0 Å². The fourth-order valence-corrected chi connectivity index (χ4v) is 2.86. The number of hydrogen-bond donors (Lipinski definition) is 3. The summed E-state index contributed by atoms with van der Waals surface area (Å²) < 4.78 is 0. The number of nitrogens with zero attached hydrogens (tertiary/aromatic N) is 2. The number of pyridine rings is 1. The Morgan fingerprint density at radius 3 is 2.95 bits per heavy atom. The molecule has 1 aromatic rings. The van der Waals surface area contributed by atoms with Gasteiger partial charge in [0.05, 0.1) is 0 Å². The highest BCUT2D eigenvalue weighted by Gasteiger charge is 2.11. The van der Waals surface area contributed by atoms with Crippen LogP contribution in [0.3, 0.4) is 0 Å². The van der Waals surface area contributed by atoms with E-state index in [1.807, 2.05) is 11.8 Å². The zero-order valence-corrected chi connectivity index (χ0v) is 11.6. The van der Waals surface area contributed by atoms with Crippen molar-refractivity contribution < 1.29 is 4.79 Å². The molecule has 2 heterocycles. The topological polar surface area (TPSA) is 83.3 Å². The number of nitrogens with two attached hydrogens (primary N) is 1. The van der Waals surface area contributed by atoms with Gasteiger partial charge in [-0.3, -0.25) is 9.69 Å². The number of anilines is 1. The number of nitrogens with one attached hydrogen (secondary N) is 2. The number of thioether (sulfide) groups is 1. The van der Waals surface area contributed by atoms with Gasteiger partial charge in [-0.1, -0.05) is 6.07 Å². The molecule has 1 saturated heterocycles. The van der Waals surface area contributed by atoms with E-state index in [1.54, 1.807) is 18.2 Å². The first kappa shape index (κ1) is 14.1. The Bertz CT molecular complexity index is 422. The van der Waals surface area contributed by atoms with Crippen LogP contribution >= 0.6 is 11.8 Å². The predicted molar refractivity (Wildman–Crippen MR) is 78.1 cm³/mol. The molecule has 19 heavy (non-hydrogen) atoms. The second kappa shape index (κ2) is 7.32. The minimum atomic E-state index is -0.163. The van der Waals surface area contributed by atoms with Crippen molar-refractivity contribution in [2.45, 2.75) is 0 Å². The minimum Gasteiger partial charge on any atom is -0.349 e. The Morgan fingerprint density at radius 1 is 1.42 bits per heavy atom. The van der Waals surface area contributed by atoms with Crippen LogP contribution in [0.5, 0.6) is 0 Å². The summed E-state index contributed by atoms with van der Waals surface area (Å²) in [6.07, 6.45) is 0. The summed E-state index contributed by atoms with van der Waals surface area (Å²) in [5, 5.41) is 2.88. The average Bonchev–Trinajstić information content (AvgIpc) is 2.48. The molecule has 7 heteroatoms. The fourth-order valence-electron chi connectivity index (χ4n) is 1.88. The van der Waals surface area contributed by atoms with E-state index in [9.17, 15) is 4.79 Å². The molecule has 1 aliphatic heterocycles. The highest BCUT2D eigenvalue weighted by atomic mass is 32.2. The van der Waals surface area contributed by atoms with Crippen molar-refractivity contribution in [1.29, 1.82) is 0 Å². The maximum absolute atomic E-state index is 11.9. The Kier molecular flexibility index (Phi) is 5.44. The van der Waals surface area contributed by atoms with E-state index < -0.39 is 0 Å². The summed E-state index contributed by atoms with van der Waals surface area (Å²) in [5.41, 5.74) is 2.81. The maximum atomic E-state index is 11.9. The summed E-state index contributed by atoms with van der Waals surface area (Å²) in [7, 11) is 0. The molecule has 0 spiro atoms. The first-order chi connectivity index (χ1) is 9.29. The zero-order valence-electron chi connectivity index (χ0n) is 10.8. The van der Waals surface area contributed by atoms with Gasteiger partial charge in [0.1, 0.15) is 11.5 Å². The third-order valence-electron chi connectivity index (χ3n) is 2.95. The molecule has 1 fully saturated rings. The second-order valence-corrected chi connectivity index (χ2v) is 5.49. The van der Waals surface area contributed by atoms with Crippen molar-refractivity contribution in [3.05, 3.63) is 23.9 Å². The lowest BCUT2D eigenvalue weighted by atomic mass is 10.3. The van der Waals surface area contributed by atoms with Crippen LogP contribution in [0, 0.1) is 0 Å². The van der Waals surface area contributed by atoms with Gasteiger partial charge in [0.15, 0.2) is 0 Å². The molecule has 0 saturated carbocycles. The average molecular weight is 281 g/mol. The molecule has 104 valence electrons. The second-order valence-electron chi connectivity index (χ2n) is 4.26. The number of rotatable bonds is 5. The van der Waals surface area contributed by atoms with Crippen LogP contribution in [0.25, 0.3) is 0 Å². The van der Waals surface area contributed by atoms with Crippen LogP contribution in [-0.4, -0.2) is 53.5 Å². The van der Waals surface area contributed by atoms with Gasteiger partial charge in [-0.2, -0.15) is 11.8 Å². The van der Waals surface area contributed by atoms with Gasteiger partial charge in [-0.25, -0.2) is 10.8 Å². The lowest BCUT2D eigenvalue weighted by molar-refractivity contribution is 0.0944. The van der Waals surface area contributed by atoms with Crippen molar-refractivity contribution in [3.63, 3.8) is 0 Å². The Hall–Kier alpha value is -1.31. The minimum absolute atomic E-state index is 0.163. The fraction of sp³-hybridized carbons (Fsp3) is 0.500. The Morgan fingerprint density at radius 2 is 2.21 bits per heavy atom. The van der Waals surface area contributed by atoms with E-state index in [2.05, 4.69) is 20.6 Å². The van der Waals surface area contributed by atoms with E-state index in [1.165, 1.54) is 11.5 Å².